The van der Waals surface area contributed by atoms with Crippen LogP contribution in [0.2, 0.25) is 0 Å². The highest BCUT2D eigenvalue weighted by atomic mass is 35.5. The molecule has 0 aliphatic carbocycles. The molecule has 0 aliphatic rings. The summed E-state index contributed by atoms with van der Waals surface area (Å²) in [6.45, 7) is 0. The Balaban J connectivity index is 1.95. The smallest absolute Gasteiger partial charge is 0.337 e. The molecular weight excluding hydrogens is 404 g/mol. The van der Waals surface area contributed by atoms with Gasteiger partial charge in [-0.15, -0.1) is 0 Å². The molecule has 0 atom stereocenters. The molecular formula is C18H13ClN4O6. The van der Waals surface area contributed by atoms with E-state index in [0.717, 1.165) is 6.21 Å². The second kappa shape index (κ2) is 9.76. The number of nitro benzene ring substituents is 1. The van der Waals surface area contributed by atoms with Crippen molar-refractivity contribution in [3.63, 3.8) is 0 Å². The second-order valence-electron chi connectivity index (χ2n) is 5.38. The molecule has 0 radical (unpaired) electrons. The number of anilines is 1. The van der Waals surface area contributed by atoms with E-state index in [-0.39, 0.29) is 22.0 Å². The second-order valence-corrected chi connectivity index (χ2v) is 5.82. The van der Waals surface area contributed by atoms with Crippen LogP contribution in [-0.4, -0.2) is 34.0 Å². The Morgan fingerprint density at radius 3 is 2.34 bits per heavy atom. The lowest BCUT2D eigenvalue weighted by atomic mass is 10.2. The molecule has 11 heteroatoms. The molecule has 2 rings (SSSR count). The molecule has 10 nitrogen and oxygen atoms in total. The summed E-state index contributed by atoms with van der Waals surface area (Å²) in [6.07, 6.45) is 2.49. The molecule has 0 heterocycles. The molecule has 0 fully saturated rings. The van der Waals surface area contributed by atoms with Crippen molar-refractivity contribution in [3.8, 4) is 0 Å². The minimum absolute atomic E-state index is 0.0415. The number of aromatic carboxylic acids is 1. The molecule has 0 unspecified atom stereocenters. The van der Waals surface area contributed by atoms with Gasteiger partial charge < -0.3 is 10.4 Å². The molecule has 148 valence electrons. The zero-order valence-corrected chi connectivity index (χ0v) is 15.3. The number of carbonyl (C=O) groups excluding carboxylic acids is 2. The van der Waals surface area contributed by atoms with Crippen molar-refractivity contribution in [1.29, 1.82) is 0 Å². The zero-order valence-electron chi connectivity index (χ0n) is 14.5. The standard InChI is InChI=1S/C18H13ClN4O6/c19-12(9-11-5-7-13(8-6-11)23(28)29)10-20-22-17(25)16(24)21-15-4-2-1-3-14(15)18(26)27/h1-10H,(H,21,24)(H,22,25)(H,26,27)/b12-9-,20-10-. The maximum Gasteiger partial charge on any atom is 0.337 e. The first-order chi connectivity index (χ1) is 13.8. The quantitative estimate of drug-likeness (QED) is 0.285. The number of benzene rings is 2. The van der Waals surface area contributed by atoms with Crippen molar-refractivity contribution in [3.05, 3.63) is 74.8 Å². The highest BCUT2D eigenvalue weighted by molar-refractivity contribution is 6.42. The number of carbonyl (C=O) groups is 3. The summed E-state index contributed by atoms with van der Waals surface area (Å²) < 4.78 is 0. The van der Waals surface area contributed by atoms with Crippen molar-refractivity contribution in [2.75, 3.05) is 5.32 Å². The number of hydrogen-bond acceptors (Lipinski definition) is 6. The lowest BCUT2D eigenvalue weighted by Gasteiger charge is -2.06. The summed E-state index contributed by atoms with van der Waals surface area (Å²) in [5, 5.41) is 25.4. The summed E-state index contributed by atoms with van der Waals surface area (Å²) in [5.74, 6) is -3.52. The topological polar surface area (TPSA) is 151 Å². The first-order valence-corrected chi connectivity index (χ1v) is 8.24. The predicted octanol–water partition coefficient (Wildman–Crippen LogP) is 2.61. The summed E-state index contributed by atoms with van der Waals surface area (Å²) in [6, 6.07) is 11.1. The zero-order chi connectivity index (χ0) is 21.4. The number of allylic oxidation sites excluding steroid dienone is 1. The molecule has 0 bridgehead atoms. The van der Waals surface area contributed by atoms with Crippen LogP contribution in [0.25, 0.3) is 6.08 Å². The van der Waals surface area contributed by atoms with Crippen LogP contribution in [-0.2, 0) is 9.59 Å². The lowest BCUT2D eigenvalue weighted by molar-refractivity contribution is -0.384. The third-order valence-electron chi connectivity index (χ3n) is 3.37. The number of hydrogen-bond donors (Lipinski definition) is 3. The molecule has 2 aromatic carbocycles. The van der Waals surface area contributed by atoms with Crippen molar-refractivity contribution in [2.45, 2.75) is 0 Å². The number of para-hydroxylation sites is 1. The van der Waals surface area contributed by atoms with Crippen LogP contribution in [0, 0.1) is 10.1 Å². The van der Waals surface area contributed by atoms with Crippen LogP contribution in [0.4, 0.5) is 11.4 Å². The van der Waals surface area contributed by atoms with Gasteiger partial charge in [0, 0.05) is 12.1 Å². The fourth-order valence-corrected chi connectivity index (χ4v) is 2.22. The summed E-state index contributed by atoms with van der Waals surface area (Å²) >= 11 is 5.93. The maximum absolute atomic E-state index is 11.8. The van der Waals surface area contributed by atoms with Gasteiger partial charge >= 0.3 is 17.8 Å². The largest absolute Gasteiger partial charge is 0.478 e. The van der Waals surface area contributed by atoms with E-state index in [2.05, 4.69) is 10.4 Å². The number of carboxylic acids is 1. The molecule has 2 aromatic rings. The number of nitrogens with one attached hydrogen (secondary N) is 2. The molecule has 29 heavy (non-hydrogen) atoms. The van der Waals surface area contributed by atoms with E-state index in [4.69, 9.17) is 16.7 Å². The molecule has 2 amide bonds. The van der Waals surface area contributed by atoms with Gasteiger partial charge in [0.2, 0.25) is 0 Å². The fraction of sp³-hybridized carbons (Fsp3) is 0. The van der Waals surface area contributed by atoms with E-state index in [1.54, 1.807) is 0 Å². The highest BCUT2D eigenvalue weighted by Gasteiger charge is 2.16. The Morgan fingerprint density at radius 2 is 1.72 bits per heavy atom. The van der Waals surface area contributed by atoms with Crippen molar-refractivity contribution in [1.82, 2.24) is 5.43 Å². The molecule has 0 aromatic heterocycles. The van der Waals surface area contributed by atoms with Crippen LogP contribution < -0.4 is 10.7 Å². The van der Waals surface area contributed by atoms with Crippen molar-refractivity contribution in [2.24, 2.45) is 5.10 Å². The monoisotopic (exact) mass is 416 g/mol. The van der Waals surface area contributed by atoms with Crippen LogP contribution in [0.5, 0.6) is 0 Å². The summed E-state index contributed by atoms with van der Waals surface area (Å²) in [5.41, 5.74) is 2.21. The highest BCUT2D eigenvalue weighted by Crippen LogP contribution is 2.15. The van der Waals surface area contributed by atoms with Gasteiger partial charge in [0.15, 0.2) is 0 Å². The van der Waals surface area contributed by atoms with E-state index in [9.17, 15) is 24.5 Å². The van der Waals surface area contributed by atoms with Crippen molar-refractivity contribution < 1.29 is 24.4 Å². The number of nitrogens with zero attached hydrogens (tertiary/aromatic N) is 2. The molecule has 0 spiro atoms. The Kier molecular flexibility index (Phi) is 7.15. The van der Waals surface area contributed by atoms with Gasteiger partial charge in [-0.05, 0) is 35.9 Å². The Morgan fingerprint density at radius 1 is 1.07 bits per heavy atom. The number of non-ortho nitro benzene ring substituents is 1. The summed E-state index contributed by atoms with van der Waals surface area (Å²) in [4.78, 5) is 44.8. The lowest BCUT2D eigenvalue weighted by Crippen LogP contribution is -2.32. The number of carboxylic acid groups (broad SMARTS) is 1. The SMILES string of the molecule is O=C(N/N=C\C(Cl)=C\c1ccc([N+](=O)[O-])cc1)C(=O)Nc1ccccc1C(=O)O. The molecule has 0 saturated heterocycles. The number of amides is 2. The van der Waals surface area contributed by atoms with Gasteiger partial charge in [-0.2, -0.15) is 5.10 Å². The Bertz CT molecular complexity index is 1020. The Hall–Kier alpha value is -4.05. The minimum Gasteiger partial charge on any atom is -0.478 e. The van der Waals surface area contributed by atoms with E-state index in [1.807, 2.05) is 5.43 Å². The number of rotatable bonds is 6. The third kappa shape index (κ3) is 6.26. The number of hydrazone groups is 1. The Labute approximate surface area is 168 Å². The first kappa shape index (κ1) is 21.3. The number of nitro groups is 1. The van der Waals surface area contributed by atoms with Gasteiger partial charge in [0.1, 0.15) is 0 Å². The van der Waals surface area contributed by atoms with Crippen LogP contribution in [0.1, 0.15) is 15.9 Å². The predicted molar refractivity (Wildman–Crippen MR) is 106 cm³/mol. The van der Waals surface area contributed by atoms with E-state index >= 15 is 0 Å². The first-order valence-electron chi connectivity index (χ1n) is 7.86. The van der Waals surface area contributed by atoms with Crippen LogP contribution in [0.15, 0.2) is 58.7 Å². The van der Waals surface area contributed by atoms with Gasteiger partial charge in [-0.1, -0.05) is 23.7 Å². The van der Waals surface area contributed by atoms with E-state index < -0.39 is 22.7 Å². The third-order valence-corrected chi connectivity index (χ3v) is 3.58. The van der Waals surface area contributed by atoms with Crippen LogP contribution >= 0.6 is 11.6 Å². The molecule has 0 saturated carbocycles. The van der Waals surface area contributed by atoms with Crippen molar-refractivity contribution >= 4 is 53.0 Å². The van der Waals surface area contributed by atoms with Gasteiger partial charge in [0.25, 0.3) is 5.69 Å². The fourth-order valence-electron chi connectivity index (χ4n) is 2.05. The van der Waals surface area contributed by atoms with Gasteiger partial charge in [-0.25, -0.2) is 10.2 Å². The molecule has 0 aliphatic heterocycles. The summed E-state index contributed by atoms with van der Waals surface area (Å²) in [7, 11) is 0. The average molecular weight is 417 g/mol. The van der Waals surface area contributed by atoms with Crippen LogP contribution in [0.3, 0.4) is 0 Å². The van der Waals surface area contributed by atoms with E-state index in [1.165, 1.54) is 54.6 Å². The minimum atomic E-state index is -1.26. The maximum atomic E-state index is 11.8. The average Bonchev–Trinajstić information content (AvgIpc) is 2.68. The number of halogens is 1. The van der Waals surface area contributed by atoms with E-state index in [0.29, 0.717) is 5.56 Å². The normalized spacial score (nSPS) is 11.1. The van der Waals surface area contributed by atoms with Gasteiger partial charge in [-0.3, -0.25) is 19.7 Å². The van der Waals surface area contributed by atoms with Gasteiger partial charge in [0.05, 0.1) is 27.4 Å². The molecule has 3 N–H and O–H groups in total.